The van der Waals surface area contributed by atoms with Crippen molar-refractivity contribution in [3.63, 3.8) is 0 Å². The monoisotopic (exact) mass is 266 g/mol. The van der Waals surface area contributed by atoms with E-state index in [2.05, 4.69) is 0 Å². The van der Waals surface area contributed by atoms with Gasteiger partial charge in [0, 0.05) is 19.3 Å². The summed E-state index contributed by atoms with van der Waals surface area (Å²) in [5.74, 6) is -1.42. The molecule has 1 aliphatic rings. The van der Waals surface area contributed by atoms with Gasteiger partial charge in [0.2, 0.25) is 0 Å². The Morgan fingerprint density at radius 1 is 1.42 bits per heavy atom. The predicted molar refractivity (Wildman–Crippen MR) is 67.6 cm³/mol. The molecule has 1 fully saturated rings. The van der Waals surface area contributed by atoms with Gasteiger partial charge < -0.3 is 5.11 Å². The fourth-order valence-corrected chi connectivity index (χ4v) is 2.29. The number of benzene rings is 1. The fraction of sp³-hybridized carbons (Fsp3) is 0.400. The maximum Gasteiger partial charge on any atom is 0.162 e. The summed E-state index contributed by atoms with van der Waals surface area (Å²) >= 11 is 0. The van der Waals surface area contributed by atoms with Gasteiger partial charge in [-0.25, -0.2) is 8.78 Å². The summed E-state index contributed by atoms with van der Waals surface area (Å²) in [6, 6.07) is 3.92. The zero-order chi connectivity index (χ0) is 13.8. The Morgan fingerprint density at radius 3 is 2.89 bits per heavy atom. The molecule has 2 atom stereocenters. The van der Waals surface area contributed by atoms with Crippen LogP contribution in [-0.4, -0.2) is 17.0 Å². The fourth-order valence-electron chi connectivity index (χ4n) is 2.29. The van der Waals surface area contributed by atoms with Crippen LogP contribution in [0.1, 0.15) is 24.8 Å². The molecule has 0 saturated heterocycles. The number of allylic oxidation sites excluding steroid dienone is 1. The molecule has 1 aromatic rings. The summed E-state index contributed by atoms with van der Waals surface area (Å²) in [5, 5.41) is 9.78. The number of halogens is 2. The van der Waals surface area contributed by atoms with Crippen LogP contribution in [0.15, 0.2) is 30.4 Å². The molecule has 0 aromatic heterocycles. The quantitative estimate of drug-likeness (QED) is 0.851. The second-order valence-electron chi connectivity index (χ2n) is 4.91. The van der Waals surface area contributed by atoms with E-state index in [1.54, 1.807) is 12.2 Å². The van der Waals surface area contributed by atoms with Crippen LogP contribution in [-0.2, 0) is 11.2 Å². The highest BCUT2D eigenvalue weighted by atomic mass is 19.2. The van der Waals surface area contributed by atoms with Crippen LogP contribution < -0.4 is 0 Å². The number of aliphatic hydroxyl groups is 1. The van der Waals surface area contributed by atoms with Gasteiger partial charge in [-0.1, -0.05) is 24.3 Å². The lowest BCUT2D eigenvalue weighted by Gasteiger charge is -2.08. The third-order valence-electron chi connectivity index (χ3n) is 3.35. The molecule has 0 aliphatic heterocycles. The topological polar surface area (TPSA) is 37.3 Å². The molecule has 0 heterocycles. The average molecular weight is 266 g/mol. The summed E-state index contributed by atoms with van der Waals surface area (Å²) in [4.78, 5) is 11.1. The molecule has 2 nitrogen and oxygen atoms in total. The minimum absolute atomic E-state index is 0.0285. The number of Topliss-reactive ketones (excluding diaryl/α,β-unsaturated/α-hetero) is 1. The smallest absolute Gasteiger partial charge is 0.162 e. The predicted octanol–water partition coefficient (Wildman–Crippen LogP) is 2.79. The normalized spacial score (nSPS) is 21.2. The Kier molecular flexibility index (Phi) is 4.43. The van der Waals surface area contributed by atoms with E-state index in [-0.39, 0.29) is 23.7 Å². The van der Waals surface area contributed by atoms with E-state index in [0.717, 1.165) is 12.5 Å². The lowest BCUT2D eigenvalue weighted by Crippen LogP contribution is -2.09. The maximum absolute atomic E-state index is 13.4. The second-order valence-corrected chi connectivity index (χ2v) is 4.91. The minimum Gasteiger partial charge on any atom is -0.389 e. The summed E-state index contributed by atoms with van der Waals surface area (Å²) in [7, 11) is 0. The highest BCUT2D eigenvalue weighted by Gasteiger charge is 2.19. The number of rotatable bonds is 4. The molecule has 0 spiro atoms. The van der Waals surface area contributed by atoms with E-state index >= 15 is 0 Å². The average Bonchev–Trinajstić information content (AvgIpc) is 2.78. The van der Waals surface area contributed by atoms with E-state index in [0.29, 0.717) is 12.8 Å². The lowest BCUT2D eigenvalue weighted by atomic mass is 10.0. The minimum atomic E-state index is -0.911. The Balaban J connectivity index is 1.94. The number of hydrogen-bond donors (Lipinski definition) is 1. The third-order valence-corrected chi connectivity index (χ3v) is 3.35. The van der Waals surface area contributed by atoms with Crippen molar-refractivity contribution in [1.82, 2.24) is 0 Å². The summed E-state index contributed by atoms with van der Waals surface area (Å²) < 4.78 is 26.4. The van der Waals surface area contributed by atoms with Crippen molar-refractivity contribution in [2.45, 2.75) is 31.8 Å². The van der Waals surface area contributed by atoms with Crippen LogP contribution in [0.3, 0.4) is 0 Å². The Labute approximate surface area is 110 Å². The molecule has 1 saturated carbocycles. The first-order valence-corrected chi connectivity index (χ1v) is 6.37. The highest BCUT2D eigenvalue weighted by Crippen LogP contribution is 2.23. The van der Waals surface area contributed by atoms with Gasteiger partial charge in [-0.15, -0.1) is 0 Å². The highest BCUT2D eigenvalue weighted by molar-refractivity contribution is 5.80. The number of carbonyl (C=O) groups is 1. The number of carbonyl (C=O) groups excluding carboxylic acids is 1. The zero-order valence-corrected chi connectivity index (χ0v) is 10.5. The maximum atomic E-state index is 13.4. The molecule has 0 amide bonds. The number of hydrogen-bond acceptors (Lipinski definition) is 2. The first kappa shape index (κ1) is 13.9. The van der Waals surface area contributed by atoms with Crippen molar-refractivity contribution in [2.24, 2.45) is 5.92 Å². The molecule has 1 unspecified atom stereocenters. The molecule has 2 rings (SSSR count). The van der Waals surface area contributed by atoms with Crippen LogP contribution >= 0.6 is 0 Å². The van der Waals surface area contributed by atoms with Crippen molar-refractivity contribution >= 4 is 5.78 Å². The molecule has 1 N–H and O–H groups in total. The standard InChI is InChI=1S/C15H16F2O2/c16-14-3-1-2-11(15(14)17)9-13(19)7-5-10-4-6-12(18)8-10/h1-3,5,7,10,13,19H,4,6,8-9H2/b7-5+/t10-,13?/m1/s1. The van der Waals surface area contributed by atoms with Gasteiger partial charge in [0.05, 0.1) is 6.10 Å². The largest absolute Gasteiger partial charge is 0.389 e. The molecular formula is C15H16F2O2. The molecule has 102 valence electrons. The van der Waals surface area contributed by atoms with Crippen LogP contribution in [0.25, 0.3) is 0 Å². The van der Waals surface area contributed by atoms with Crippen LogP contribution in [0.2, 0.25) is 0 Å². The number of ketones is 1. The molecule has 0 radical (unpaired) electrons. The molecule has 1 aliphatic carbocycles. The second kappa shape index (κ2) is 6.06. The van der Waals surface area contributed by atoms with Gasteiger partial charge in [0.25, 0.3) is 0 Å². The van der Waals surface area contributed by atoms with E-state index in [9.17, 15) is 18.7 Å². The summed E-state index contributed by atoms with van der Waals surface area (Å²) in [5.41, 5.74) is 0.152. The zero-order valence-electron chi connectivity index (χ0n) is 10.5. The van der Waals surface area contributed by atoms with Crippen molar-refractivity contribution < 1.29 is 18.7 Å². The van der Waals surface area contributed by atoms with Crippen molar-refractivity contribution in [3.8, 4) is 0 Å². The van der Waals surface area contributed by atoms with Crippen molar-refractivity contribution in [3.05, 3.63) is 47.5 Å². The van der Waals surface area contributed by atoms with E-state index in [1.165, 1.54) is 12.1 Å². The Hall–Kier alpha value is -1.55. The Bertz CT molecular complexity index is 497. The Morgan fingerprint density at radius 2 is 2.21 bits per heavy atom. The number of aliphatic hydroxyl groups excluding tert-OH is 1. The molecular weight excluding hydrogens is 250 g/mol. The third kappa shape index (κ3) is 3.70. The van der Waals surface area contributed by atoms with E-state index in [1.807, 2.05) is 0 Å². The van der Waals surface area contributed by atoms with Crippen LogP contribution in [0.5, 0.6) is 0 Å². The van der Waals surface area contributed by atoms with Gasteiger partial charge in [-0.2, -0.15) is 0 Å². The molecule has 1 aromatic carbocycles. The van der Waals surface area contributed by atoms with Gasteiger partial charge in [0.15, 0.2) is 11.6 Å². The lowest BCUT2D eigenvalue weighted by molar-refractivity contribution is -0.117. The molecule has 0 bridgehead atoms. The van der Waals surface area contributed by atoms with E-state index < -0.39 is 17.7 Å². The van der Waals surface area contributed by atoms with Crippen molar-refractivity contribution in [1.29, 1.82) is 0 Å². The SMILES string of the molecule is O=C1CC[C@H](/C=C/C(O)Cc2cccc(F)c2F)C1. The first-order valence-electron chi connectivity index (χ1n) is 6.37. The van der Waals surface area contributed by atoms with Crippen LogP contribution in [0, 0.1) is 17.6 Å². The molecule has 4 heteroatoms. The van der Waals surface area contributed by atoms with E-state index in [4.69, 9.17) is 0 Å². The van der Waals surface area contributed by atoms with Crippen LogP contribution in [0.4, 0.5) is 8.78 Å². The van der Waals surface area contributed by atoms with Gasteiger partial charge in [0.1, 0.15) is 5.78 Å². The van der Waals surface area contributed by atoms with Gasteiger partial charge in [-0.05, 0) is 24.0 Å². The first-order chi connectivity index (χ1) is 9.06. The van der Waals surface area contributed by atoms with Crippen molar-refractivity contribution in [2.75, 3.05) is 0 Å². The molecule has 19 heavy (non-hydrogen) atoms. The van der Waals surface area contributed by atoms with Gasteiger partial charge in [-0.3, -0.25) is 4.79 Å². The summed E-state index contributed by atoms with van der Waals surface area (Å²) in [6.45, 7) is 0. The summed E-state index contributed by atoms with van der Waals surface area (Å²) in [6.07, 6.45) is 4.42. The van der Waals surface area contributed by atoms with Gasteiger partial charge >= 0.3 is 0 Å².